The number of carbonyl (C=O) groups is 1. The molecule has 1 amide bonds. The highest BCUT2D eigenvalue weighted by molar-refractivity contribution is 6.01. The van der Waals surface area contributed by atoms with Crippen molar-refractivity contribution in [2.75, 3.05) is 5.32 Å². The zero-order chi connectivity index (χ0) is 14.4. The lowest BCUT2D eigenvalue weighted by Crippen LogP contribution is -2.07. The van der Waals surface area contributed by atoms with E-state index in [9.17, 15) is 4.79 Å². The molecule has 1 aromatic heterocycles. The molecule has 0 saturated heterocycles. The number of nitrogens with zero attached hydrogens (tertiary/aromatic N) is 1. The third-order valence-corrected chi connectivity index (χ3v) is 2.96. The van der Waals surface area contributed by atoms with Gasteiger partial charge in [0.25, 0.3) is 0 Å². The monoisotopic (exact) mass is 266 g/mol. The second kappa shape index (κ2) is 6.66. The van der Waals surface area contributed by atoms with Crippen LogP contribution in [0.3, 0.4) is 0 Å². The normalized spacial score (nSPS) is 10.9. The molecule has 1 N–H and O–H groups in total. The number of hydrogen-bond acceptors (Lipinski definition) is 2. The Hall–Kier alpha value is -2.42. The first-order valence-electron chi connectivity index (χ1n) is 6.64. The smallest absolute Gasteiger partial charge is 0.248 e. The Morgan fingerprint density at radius 3 is 2.55 bits per heavy atom. The van der Waals surface area contributed by atoms with Gasteiger partial charge >= 0.3 is 0 Å². The number of pyridine rings is 1. The molecule has 2 rings (SSSR count). The molecule has 3 heteroatoms. The van der Waals surface area contributed by atoms with E-state index >= 15 is 0 Å². The van der Waals surface area contributed by atoms with E-state index in [1.807, 2.05) is 12.1 Å². The molecule has 0 aliphatic heterocycles. The summed E-state index contributed by atoms with van der Waals surface area (Å²) >= 11 is 0. The van der Waals surface area contributed by atoms with Crippen molar-refractivity contribution in [1.29, 1.82) is 0 Å². The number of amides is 1. The summed E-state index contributed by atoms with van der Waals surface area (Å²) in [5.74, 6) is 0.354. The number of carbonyl (C=O) groups excluding carboxylic acids is 1. The molecule has 0 spiro atoms. The minimum atomic E-state index is -0.161. The maximum atomic E-state index is 11.7. The maximum Gasteiger partial charge on any atom is 0.248 e. The van der Waals surface area contributed by atoms with Crippen LogP contribution in [-0.4, -0.2) is 10.9 Å². The predicted molar refractivity (Wildman–Crippen MR) is 82.4 cm³/mol. The summed E-state index contributed by atoms with van der Waals surface area (Å²) in [6.07, 6.45) is 6.61. The van der Waals surface area contributed by atoms with Gasteiger partial charge in [-0.3, -0.25) is 9.78 Å². The third kappa shape index (κ3) is 4.05. The highest BCUT2D eigenvalue weighted by Crippen LogP contribution is 2.15. The van der Waals surface area contributed by atoms with Crippen LogP contribution in [0.2, 0.25) is 0 Å². The molecule has 2 aromatic rings. The summed E-state index contributed by atoms with van der Waals surface area (Å²) in [5, 5.41) is 2.75. The van der Waals surface area contributed by atoms with E-state index in [1.54, 1.807) is 30.6 Å². The minimum Gasteiger partial charge on any atom is -0.321 e. The first kappa shape index (κ1) is 14.0. The van der Waals surface area contributed by atoms with Crippen molar-refractivity contribution >= 4 is 17.7 Å². The highest BCUT2D eigenvalue weighted by Gasteiger charge is 1.99. The Morgan fingerprint density at radius 1 is 1.20 bits per heavy atom. The molecular formula is C17H18N2O. The molecule has 0 aliphatic carbocycles. The fourth-order valence-corrected chi connectivity index (χ4v) is 1.78. The fourth-order valence-electron chi connectivity index (χ4n) is 1.78. The fraction of sp³-hybridized carbons (Fsp3) is 0.176. The van der Waals surface area contributed by atoms with E-state index in [4.69, 9.17) is 0 Å². The second-order valence-electron chi connectivity index (χ2n) is 4.89. The Labute approximate surface area is 119 Å². The van der Waals surface area contributed by atoms with E-state index in [-0.39, 0.29) is 5.91 Å². The largest absolute Gasteiger partial charge is 0.321 e. The molecule has 1 aromatic carbocycles. The summed E-state index contributed by atoms with van der Waals surface area (Å²) in [6, 6.07) is 11.8. The van der Waals surface area contributed by atoms with Crippen LogP contribution < -0.4 is 5.32 Å². The molecule has 0 radical (unpaired) electrons. The zero-order valence-electron chi connectivity index (χ0n) is 11.7. The lowest BCUT2D eigenvalue weighted by Gasteiger charge is -2.04. The molecule has 0 bridgehead atoms. The van der Waals surface area contributed by atoms with E-state index < -0.39 is 0 Å². The molecule has 1 heterocycles. The standard InChI is InChI=1S/C17H18N2O/c1-13(2)15-8-5-14(6-9-15)7-10-17(20)19-16-4-3-11-18-12-16/h3-13H,1-2H3,(H,19,20)/b10-7+. The minimum absolute atomic E-state index is 0.161. The Kier molecular flexibility index (Phi) is 4.66. The molecule has 0 atom stereocenters. The lowest BCUT2D eigenvalue weighted by molar-refractivity contribution is -0.111. The van der Waals surface area contributed by atoms with Gasteiger partial charge in [0.1, 0.15) is 0 Å². The molecule has 0 unspecified atom stereocenters. The zero-order valence-corrected chi connectivity index (χ0v) is 11.7. The third-order valence-electron chi connectivity index (χ3n) is 2.96. The van der Waals surface area contributed by atoms with Crippen molar-refractivity contribution in [3.8, 4) is 0 Å². The number of aromatic nitrogens is 1. The Balaban J connectivity index is 1.97. The van der Waals surface area contributed by atoms with Crippen molar-refractivity contribution in [2.24, 2.45) is 0 Å². The first-order chi connectivity index (χ1) is 9.65. The van der Waals surface area contributed by atoms with E-state index in [0.29, 0.717) is 11.6 Å². The van der Waals surface area contributed by atoms with Gasteiger partial charge in [-0.2, -0.15) is 0 Å². The number of hydrogen-bond donors (Lipinski definition) is 1. The molecule has 0 saturated carbocycles. The topological polar surface area (TPSA) is 42.0 Å². The second-order valence-corrected chi connectivity index (χ2v) is 4.89. The molecular weight excluding hydrogens is 248 g/mol. The van der Waals surface area contributed by atoms with Crippen molar-refractivity contribution in [3.05, 3.63) is 66.0 Å². The van der Waals surface area contributed by atoms with E-state index in [1.165, 1.54) is 11.6 Å². The van der Waals surface area contributed by atoms with Gasteiger partial charge in [0.05, 0.1) is 11.9 Å². The molecule has 0 fully saturated rings. The number of benzene rings is 1. The van der Waals surface area contributed by atoms with Gasteiger partial charge in [-0.15, -0.1) is 0 Å². The van der Waals surface area contributed by atoms with Gasteiger partial charge < -0.3 is 5.32 Å². The number of nitrogens with one attached hydrogen (secondary N) is 1. The lowest BCUT2D eigenvalue weighted by atomic mass is 10.0. The van der Waals surface area contributed by atoms with Crippen LogP contribution >= 0.6 is 0 Å². The quantitative estimate of drug-likeness (QED) is 0.854. The van der Waals surface area contributed by atoms with Crippen molar-refractivity contribution in [3.63, 3.8) is 0 Å². The summed E-state index contributed by atoms with van der Waals surface area (Å²) in [7, 11) is 0. The molecule has 3 nitrogen and oxygen atoms in total. The van der Waals surface area contributed by atoms with Crippen LogP contribution in [0, 0.1) is 0 Å². The van der Waals surface area contributed by atoms with Crippen molar-refractivity contribution in [1.82, 2.24) is 4.98 Å². The molecule has 0 aliphatic rings. The average Bonchev–Trinajstić information content (AvgIpc) is 2.46. The van der Waals surface area contributed by atoms with Gasteiger partial charge in [0.2, 0.25) is 5.91 Å². The number of rotatable bonds is 4. The SMILES string of the molecule is CC(C)c1ccc(/C=C/C(=O)Nc2cccnc2)cc1. The van der Waals surface area contributed by atoms with E-state index in [2.05, 4.69) is 36.3 Å². The summed E-state index contributed by atoms with van der Waals surface area (Å²) < 4.78 is 0. The summed E-state index contributed by atoms with van der Waals surface area (Å²) in [6.45, 7) is 4.32. The van der Waals surface area contributed by atoms with Crippen LogP contribution in [-0.2, 0) is 4.79 Å². The van der Waals surface area contributed by atoms with Crippen LogP contribution in [0.15, 0.2) is 54.9 Å². The number of anilines is 1. The van der Waals surface area contributed by atoms with Crippen LogP contribution in [0.25, 0.3) is 6.08 Å². The van der Waals surface area contributed by atoms with Crippen molar-refractivity contribution in [2.45, 2.75) is 19.8 Å². The van der Waals surface area contributed by atoms with E-state index in [0.717, 1.165) is 5.56 Å². The predicted octanol–water partition coefficient (Wildman–Crippen LogP) is 3.86. The van der Waals surface area contributed by atoms with Crippen LogP contribution in [0.5, 0.6) is 0 Å². The van der Waals surface area contributed by atoms with Gasteiger partial charge in [0, 0.05) is 12.3 Å². The highest BCUT2D eigenvalue weighted by atomic mass is 16.1. The summed E-state index contributed by atoms with van der Waals surface area (Å²) in [5.41, 5.74) is 3.00. The van der Waals surface area contributed by atoms with Crippen LogP contribution in [0.4, 0.5) is 5.69 Å². The molecule has 102 valence electrons. The maximum absolute atomic E-state index is 11.7. The van der Waals surface area contributed by atoms with Gasteiger partial charge in [0.15, 0.2) is 0 Å². The average molecular weight is 266 g/mol. The van der Waals surface area contributed by atoms with Gasteiger partial charge in [-0.25, -0.2) is 0 Å². The van der Waals surface area contributed by atoms with Gasteiger partial charge in [-0.1, -0.05) is 38.1 Å². The van der Waals surface area contributed by atoms with Gasteiger partial charge in [-0.05, 0) is 35.3 Å². The Bertz CT molecular complexity index is 586. The van der Waals surface area contributed by atoms with Crippen molar-refractivity contribution < 1.29 is 4.79 Å². The van der Waals surface area contributed by atoms with Crippen LogP contribution in [0.1, 0.15) is 30.9 Å². The summed E-state index contributed by atoms with van der Waals surface area (Å²) in [4.78, 5) is 15.7. The first-order valence-corrected chi connectivity index (χ1v) is 6.64. The molecule has 20 heavy (non-hydrogen) atoms. The Morgan fingerprint density at radius 2 is 1.95 bits per heavy atom.